The first-order valence-electron chi connectivity index (χ1n) is 5.36. The topological polar surface area (TPSA) is 69.6 Å². The van der Waals surface area contributed by atoms with Crippen LogP contribution in [-0.2, 0) is 10.0 Å². The van der Waals surface area contributed by atoms with Crippen LogP contribution in [0.1, 0.15) is 6.42 Å². The lowest BCUT2D eigenvalue weighted by Gasteiger charge is -2.12. The molecule has 0 spiro atoms. The number of benzene rings is 1. The highest BCUT2D eigenvalue weighted by atomic mass is 32.2. The second-order valence-corrected chi connectivity index (χ2v) is 5.97. The van der Waals surface area contributed by atoms with E-state index in [9.17, 15) is 8.42 Å². The molecule has 0 aliphatic rings. The van der Waals surface area contributed by atoms with Crippen molar-refractivity contribution >= 4 is 15.7 Å². The van der Waals surface area contributed by atoms with Crippen LogP contribution < -0.4 is 5.32 Å². The van der Waals surface area contributed by atoms with E-state index in [0.717, 1.165) is 5.69 Å². The van der Waals surface area contributed by atoms with E-state index in [1.54, 1.807) is 24.3 Å². The van der Waals surface area contributed by atoms with Gasteiger partial charge in [0.15, 0.2) is 0 Å². The summed E-state index contributed by atoms with van der Waals surface area (Å²) in [5, 5.41) is 11.7. The number of aliphatic hydroxyl groups is 1. The Kier molecular flexibility index (Phi) is 4.92. The monoisotopic (exact) mass is 258 g/mol. The Morgan fingerprint density at radius 2 is 1.82 bits per heavy atom. The summed E-state index contributed by atoms with van der Waals surface area (Å²) < 4.78 is 24.7. The molecule has 0 heterocycles. The molecule has 0 bridgehead atoms. The van der Waals surface area contributed by atoms with Crippen LogP contribution in [-0.4, -0.2) is 45.1 Å². The van der Waals surface area contributed by atoms with Crippen LogP contribution >= 0.6 is 0 Å². The summed E-state index contributed by atoms with van der Waals surface area (Å²) in [5.74, 6) is 0. The fourth-order valence-corrected chi connectivity index (χ4v) is 2.17. The maximum absolute atomic E-state index is 11.8. The van der Waals surface area contributed by atoms with E-state index in [2.05, 4.69) is 5.32 Å². The van der Waals surface area contributed by atoms with E-state index >= 15 is 0 Å². The number of hydrogen-bond acceptors (Lipinski definition) is 4. The summed E-state index contributed by atoms with van der Waals surface area (Å²) in [6.07, 6.45) is 0.664. The van der Waals surface area contributed by atoms with Gasteiger partial charge in [-0.2, -0.15) is 0 Å². The molecule has 0 unspecified atom stereocenters. The van der Waals surface area contributed by atoms with Gasteiger partial charge >= 0.3 is 0 Å². The summed E-state index contributed by atoms with van der Waals surface area (Å²) in [5.41, 5.74) is 0.844. The lowest BCUT2D eigenvalue weighted by molar-refractivity contribution is 0.292. The molecule has 0 aliphatic heterocycles. The van der Waals surface area contributed by atoms with Crippen LogP contribution in [0.4, 0.5) is 5.69 Å². The smallest absolute Gasteiger partial charge is 0.242 e. The van der Waals surface area contributed by atoms with Crippen LogP contribution in [0, 0.1) is 0 Å². The molecule has 0 amide bonds. The highest BCUT2D eigenvalue weighted by Gasteiger charge is 2.16. The molecule has 1 aromatic rings. The average Bonchev–Trinajstić information content (AvgIpc) is 2.30. The number of anilines is 1. The molecule has 17 heavy (non-hydrogen) atoms. The average molecular weight is 258 g/mol. The van der Waals surface area contributed by atoms with Crippen molar-refractivity contribution in [1.82, 2.24) is 4.31 Å². The second-order valence-electron chi connectivity index (χ2n) is 3.82. The number of rotatable bonds is 6. The van der Waals surface area contributed by atoms with Gasteiger partial charge in [0, 0.05) is 32.9 Å². The van der Waals surface area contributed by atoms with Crippen LogP contribution in [0.3, 0.4) is 0 Å². The van der Waals surface area contributed by atoms with Gasteiger partial charge in [0.2, 0.25) is 10.0 Å². The Bertz CT molecular complexity index is 440. The Morgan fingerprint density at radius 1 is 1.24 bits per heavy atom. The molecule has 0 saturated heterocycles. The lowest BCUT2D eigenvalue weighted by Crippen LogP contribution is -2.22. The van der Waals surface area contributed by atoms with Crippen molar-refractivity contribution in [3.05, 3.63) is 24.3 Å². The van der Waals surface area contributed by atoms with Gasteiger partial charge < -0.3 is 10.4 Å². The van der Waals surface area contributed by atoms with Gasteiger partial charge in [-0.1, -0.05) is 0 Å². The first-order valence-corrected chi connectivity index (χ1v) is 6.80. The molecule has 0 aromatic heterocycles. The van der Waals surface area contributed by atoms with Gasteiger partial charge in [0.25, 0.3) is 0 Å². The van der Waals surface area contributed by atoms with Crippen molar-refractivity contribution in [2.24, 2.45) is 0 Å². The minimum Gasteiger partial charge on any atom is -0.396 e. The Labute approximate surface area is 102 Å². The highest BCUT2D eigenvalue weighted by Crippen LogP contribution is 2.16. The fraction of sp³-hybridized carbons (Fsp3) is 0.455. The predicted molar refractivity (Wildman–Crippen MR) is 67.5 cm³/mol. The molecule has 2 N–H and O–H groups in total. The van der Waals surface area contributed by atoms with Crippen molar-refractivity contribution in [2.45, 2.75) is 11.3 Å². The predicted octanol–water partition coefficient (Wildman–Crippen LogP) is 0.731. The molecule has 0 atom stereocenters. The zero-order valence-electron chi connectivity index (χ0n) is 10.0. The quantitative estimate of drug-likeness (QED) is 0.738. The van der Waals surface area contributed by atoms with E-state index in [4.69, 9.17) is 5.11 Å². The van der Waals surface area contributed by atoms with Crippen molar-refractivity contribution in [3.63, 3.8) is 0 Å². The van der Waals surface area contributed by atoms with Crippen LogP contribution in [0.15, 0.2) is 29.2 Å². The van der Waals surface area contributed by atoms with Crippen LogP contribution in [0.25, 0.3) is 0 Å². The minimum absolute atomic E-state index is 0.139. The molecule has 0 radical (unpaired) electrons. The van der Waals surface area contributed by atoms with Crippen molar-refractivity contribution in [1.29, 1.82) is 0 Å². The van der Waals surface area contributed by atoms with Gasteiger partial charge in [-0.15, -0.1) is 0 Å². The molecule has 96 valence electrons. The third kappa shape index (κ3) is 3.69. The lowest BCUT2D eigenvalue weighted by atomic mass is 10.3. The second kappa shape index (κ2) is 6.00. The number of nitrogens with one attached hydrogen (secondary N) is 1. The number of hydrogen-bond donors (Lipinski definition) is 2. The van der Waals surface area contributed by atoms with Gasteiger partial charge in [0.1, 0.15) is 0 Å². The zero-order valence-corrected chi connectivity index (χ0v) is 10.9. The largest absolute Gasteiger partial charge is 0.396 e. The zero-order chi connectivity index (χ0) is 12.9. The summed E-state index contributed by atoms with van der Waals surface area (Å²) in [6.45, 7) is 0.802. The fourth-order valence-electron chi connectivity index (χ4n) is 1.27. The first kappa shape index (κ1) is 14.0. The Balaban J connectivity index is 2.75. The van der Waals surface area contributed by atoms with Crippen molar-refractivity contribution < 1.29 is 13.5 Å². The normalized spacial score (nSPS) is 11.8. The molecular formula is C11H18N2O3S. The maximum Gasteiger partial charge on any atom is 0.242 e. The van der Waals surface area contributed by atoms with E-state index in [-0.39, 0.29) is 11.5 Å². The van der Waals surface area contributed by atoms with Crippen LogP contribution in [0.5, 0.6) is 0 Å². The summed E-state index contributed by atoms with van der Waals surface area (Å²) >= 11 is 0. The molecule has 6 heteroatoms. The van der Waals surface area contributed by atoms with Gasteiger partial charge in [0.05, 0.1) is 4.90 Å². The molecular weight excluding hydrogens is 240 g/mol. The summed E-state index contributed by atoms with van der Waals surface area (Å²) in [6, 6.07) is 6.56. The van der Waals surface area contributed by atoms with Gasteiger partial charge in [-0.3, -0.25) is 0 Å². The molecule has 0 fully saturated rings. The number of nitrogens with zero attached hydrogens (tertiary/aromatic N) is 1. The molecule has 1 aromatic carbocycles. The van der Waals surface area contributed by atoms with Crippen molar-refractivity contribution in [3.8, 4) is 0 Å². The van der Waals surface area contributed by atoms with E-state index in [1.807, 2.05) is 0 Å². The summed E-state index contributed by atoms with van der Waals surface area (Å²) in [4.78, 5) is 0.273. The number of sulfonamides is 1. The van der Waals surface area contributed by atoms with Crippen LogP contribution in [0.2, 0.25) is 0 Å². The Morgan fingerprint density at radius 3 is 2.29 bits per heavy atom. The maximum atomic E-state index is 11.8. The number of aliphatic hydroxyl groups excluding tert-OH is 1. The third-order valence-electron chi connectivity index (χ3n) is 2.30. The Hall–Kier alpha value is -1.11. The molecule has 0 aliphatic carbocycles. The molecule has 1 rings (SSSR count). The van der Waals surface area contributed by atoms with E-state index in [0.29, 0.717) is 13.0 Å². The van der Waals surface area contributed by atoms with E-state index in [1.165, 1.54) is 18.4 Å². The summed E-state index contributed by atoms with van der Waals surface area (Å²) in [7, 11) is -0.348. The van der Waals surface area contributed by atoms with Crippen molar-refractivity contribution in [2.75, 3.05) is 32.6 Å². The molecule has 5 nitrogen and oxygen atoms in total. The van der Waals surface area contributed by atoms with Gasteiger partial charge in [-0.25, -0.2) is 12.7 Å². The minimum atomic E-state index is -3.35. The highest BCUT2D eigenvalue weighted by molar-refractivity contribution is 7.89. The third-order valence-corrected chi connectivity index (χ3v) is 4.13. The van der Waals surface area contributed by atoms with Gasteiger partial charge in [-0.05, 0) is 30.7 Å². The standard InChI is InChI=1S/C11H18N2O3S/c1-13(2)17(15,16)11-6-4-10(5-7-11)12-8-3-9-14/h4-7,12,14H,3,8-9H2,1-2H3. The molecule has 0 saturated carbocycles. The SMILES string of the molecule is CN(C)S(=O)(=O)c1ccc(NCCCO)cc1. The first-order chi connectivity index (χ1) is 7.98. The van der Waals surface area contributed by atoms with E-state index < -0.39 is 10.0 Å².